The first-order chi connectivity index (χ1) is 31.6. The highest BCUT2D eigenvalue weighted by Crippen LogP contribution is 2.44. The van der Waals surface area contributed by atoms with Crippen LogP contribution >= 0.6 is 0 Å². The van der Waals surface area contributed by atoms with Crippen LogP contribution in [0.3, 0.4) is 0 Å². The molecule has 18 heteroatoms. The summed E-state index contributed by atoms with van der Waals surface area (Å²) in [6.07, 6.45) is -3.22. The van der Waals surface area contributed by atoms with E-state index < -0.39 is 59.9 Å². The number of alkyl halides is 3. The van der Waals surface area contributed by atoms with Gasteiger partial charge in [0.15, 0.2) is 0 Å². The maximum Gasteiger partial charge on any atom is 0.408 e. The summed E-state index contributed by atoms with van der Waals surface area (Å²) in [5.41, 5.74) is 6.29. The van der Waals surface area contributed by atoms with Crippen molar-refractivity contribution in [2.24, 2.45) is 5.41 Å². The first kappa shape index (κ1) is 49.6. The number of aliphatic carboxylic acids is 1. The summed E-state index contributed by atoms with van der Waals surface area (Å²) in [4.78, 5) is 48.5. The van der Waals surface area contributed by atoms with Crippen LogP contribution in [0.1, 0.15) is 77.3 Å². The fraction of sp³-hybridized carbons (Fsp3) is 0.551. The Hall–Kier alpha value is -5.27. The van der Waals surface area contributed by atoms with Crippen LogP contribution in [0.25, 0.3) is 33.3 Å². The third-order valence-corrected chi connectivity index (χ3v) is 12.7. The number of hydrogen-bond donors (Lipinski definition) is 4. The molecule has 3 aliphatic rings. The van der Waals surface area contributed by atoms with Crippen molar-refractivity contribution in [2.75, 3.05) is 64.6 Å². The number of hydrazine groups is 1. The zero-order valence-electron chi connectivity index (χ0n) is 39.4. The number of nitrogens with one attached hydrogen (secondary N) is 2. The minimum atomic E-state index is -4.60. The number of nitrogens with zero attached hydrogens (tertiary/aromatic N) is 5. The second kappa shape index (κ2) is 20.1. The van der Waals surface area contributed by atoms with Gasteiger partial charge in [-0.3, -0.25) is 24.5 Å². The Balaban J connectivity index is 1.33. The number of morpholine rings is 1. The minimum Gasteiger partial charge on any atom is -0.480 e. The van der Waals surface area contributed by atoms with E-state index in [1.807, 2.05) is 45.0 Å². The molecule has 67 heavy (non-hydrogen) atoms. The number of carbonyl (C=O) groups excluding carboxylic acids is 2. The first-order valence-electron chi connectivity index (χ1n) is 23.0. The predicted octanol–water partition coefficient (Wildman–Crippen LogP) is 6.74. The van der Waals surface area contributed by atoms with E-state index in [0.29, 0.717) is 89.3 Å². The van der Waals surface area contributed by atoms with Crippen LogP contribution in [0, 0.1) is 5.41 Å². The number of aliphatic hydroxyl groups is 1. The zero-order valence-corrected chi connectivity index (χ0v) is 39.4. The van der Waals surface area contributed by atoms with Crippen molar-refractivity contribution in [3.8, 4) is 22.4 Å². The van der Waals surface area contributed by atoms with Gasteiger partial charge in [-0.1, -0.05) is 44.2 Å². The van der Waals surface area contributed by atoms with Crippen LogP contribution in [0.5, 0.6) is 0 Å². The average Bonchev–Trinajstić information content (AvgIpc) is 3.56. The number of alkyl carbamates (subject to hydrolysis) is 1. The van der Waals surface area contributed by atoms with Crippen molar-refractivity contribution in [1.29, 1.82) is 0 Å². The largest absolute Gasteiger partial charge is 0.480 e. The Labute approximate surface area is 389 Å². The Kier molecular flexibility index (Phi) is 14.9. The molecular weight excluding hydrogens is 872 g/mol. The summed E-state index contributed by atoms with van der Waals surface area (Å²) < 4.78 is 63.1. The molecule has 0 saturated carbocycles. The first-order valence-corrected chi connectivity index (χ1v) is 23.0. The van der Waals surface area contributed by atoms with Crippen LogP contribution in [0.2, 0.25) is 0 Å². The van der Waals surface area contributed by atoms with E-state index in [1.54, 1.807) is 58.3 Å². The molecule has 4 aromatic rings. The lowest BCUT2D eigenvalue weighted by Crippen LogP contribution is -2.60. The fourth-order valence-corrected chi connectivity index (χ4v) is 9.29. The number of anilines is 1. The number of carboxylic acid groups (broad SMARTS) is 1. The molecule has 3 saturated heterocycles. The highest BCUT2D eigenvalue weighted by Gasteiger charge is 2.37. The molecule has 0 aliphatic carbocycles. The SMILES string of the molecule is CO[C@@H](C)c1ncc(N2CCN3CCOCC3C2)cc1-c1c(CC(C)(C)CO)c2cc(-c3cccc(CC(NC(=O)OC(C)(C)C)C(=O)N4CCCC(C(=O)O)N4)c3)ccc2n1CC(F)(F)F. The van der Waals surface area contributed by atoms with Gasteiger partial charge in [0.05, 0.1) is 48.6 Å². The highest BCUT2D eigenvalue weighted by atomic mass is 19.4. The van der Waals surface area contributed by atoms with Crippen molar-refractivity contribution in [1.82, 2.24) is 30.2 Å². The molecule has 3 aliphatic heterocycles. The molecule has 3 unspecified atom stereocenters. The van der Waals surface area contributed by atoms with E-state index in [0.717, 1.165) is 18.8 Å². The number of halogens is 3. The van der Waals surface area contributed by atoms with Gasteiger partial charge in [0.25, 0.3) is 5.91 Å². The van der Waals surface area contributed by atoms with E-state index >= 15 is 0 Å². The summed E-state index contributed by atoms with van der Waals surface area (Å²) in [7, 11) is 1.54. The second-order valence-corrected chi connectivity index (χ2v) is 19.7. The van der Waals surface area contributed by atoms with Gasteiger partial charge in [0.1, 0.15) is 24.2 Å². The van der Waals surface area contributed by atoms with Crippen molar-refractivity contribution in [2.45, 2.75) is 110 Å². The van der Waals surface area contributed by atoms with Crippen LogP contribution in [0.4, 0.5) is 23.7 Å². The van der Waals surface area contributed by atoms with E-state index in [9.17, 15) is 37.8 Å². The van der Waals surface area contributed by atoms with Gasteiger partial charge < -0.3 is 39.2 Å². The molecule has 364 valence electrons. The van der Waals surface area contributed by atoms with Crippen molar-refractivity contribution in [3.63, 3.8) is 0 Å². The van der Waals surface area contributed by atoms with E-state index in [1.165, 1.54) is 9.58 Å². The van der Waals surface area contributed by atoms with E-state index in [4.69, 9.17) is 19.2 Å². The topological polar surface area (TPSA) is 171 Å². The van der Waals surface area contributed by atoms with Gasteiger partial charge in [0.2, 0.25) is 0 Å². The summed E-state index contributed by atoms with van der Waals surface area (Å²) in [6.45, 7) is 13.7. The number of benzene rings is 2. The number of rotatable bonds is 14. The number of hydrogen-bond acceptors (Lipinski definition) is 11. The number of piperazine rings is 1. The summed E-state index contributed by atoms with van der Waals surface area (Å²) in [5, 5.41) is 24.8. The summed E-state index contributed by atoms with van der Waals surface area (Å²) >= 11 is 0. The number of ether oxygens (including phenoxy) is 3. The van der Waals surface area contributed by atoms with Crippen LogP contribution in [0.15, 0.2) is 54.7 Å². The van der Waals surface area contributed by atoms with Crippen molar-refractivity contribution < 1.29 is 52.0 Å². The summed E-state index contributed by atoms with van der Waals surface area (Å²) in [6, 6.07) is 12.6. The molecular formula is C49H64F3N7O8. The molecule has 0 radical (unpaired) electrons. The number of pyridine rings is 1. The number of amides is 2. The Morgan fingerprint density at radius 2 is 1.78 bits per heavy atom. The Morgan fingerprint density at radius 3 is 2.48 bits per heavy atom. The second-order valence-electron chi connectivity index (χ2n) is 19.7. The monoisotopic (exact) mass is 935 g/mol. The molecule has 15 nitrogen and oxygen atoms in total. The van der Waals surface area contributed by atoms with Crippen molar-refractivity contribution in [3.05, 3.63) is 71.5 Å². The molecule has 2 amide bonds. The molecule has 4 N–H and O–H groups in total. The predicted molar refractivity (Wildman–Crippen MR) is 247 cm³/mol. The van der Waals surface area contributed by atoms with Crippen LogP contribution < -0.4 is 15.6 Å². The number of carbonyl (C=O) groups is 3. The number of aromatic nitrogens is 2. The van der Waals surface area contributed by atoms with Gasteiger partial charge in [-0.05, 0) is 92.8 Å². The van der Waals surface area contributed by atoms with Gasteiger partial charge in [0, 0.05) is 69.3 Å². The number of aliphatic hydroxyl groups excluding tert-OH is 1. The third-order valence-electron chi connectivity index (χ3n) is 12.7. The number of fused-ring (bicyclic) bond motifs is 2. The number of methoxy groups -OCH3 is 1. The third kappa shape index (κ3) is 11.9. The minimum absolute atomic E-state index is 0.0126. The van der Waals surface area contributed by atoms with Gasteiger partial charge in [-0.2, -0.15) is 13.2 Å². The lowest BCUT2D eigenvalue weighted by molar-refractivity contribution is -0.147. The zero-order chi connectivity index (χ0) is 48.4. The average molecular weight is 936 g/mol. The maximum atomic E-state index is 14.9. The van der Waals surface area contributed by atoms with Gasteiger partial charge in [-0.15, -0.1) is 0 Å². The lowest BCUT2D eigenvalue weighted by atomic mass is 9.84. The molecule has 7 rings (SSSR count). The quantitative estimate of drug-likeness (QED) is 0.105. The van der Waals surface area contributed by atoms with Crippen molar-refractivity contribution >= 4 is 34.6 Å². The Bertz CT molecular complexity index is 2440. The normalized spacial score (nSPS) is 19.5. The molecule has 2 aromatic carbocycles. The molecule has 0 bridgehead atoms. The van der Waals surface area contributed by atoms with Crippen LogP contribution in [-0.2, 0) is 43.2 Å². The smallest absolute Gasteiger partial charge is 0.408 e. The van der Waals surface area contributed by atoms with E-state index in [-0.39, 0.29) is 32.0 Å². The molecule has 2 aromatic heterocycles. The fourth-order valence-electron chi connectivity index (χ4n) is 9.29. The molecule has 5 heterocycles. The number of carboxylic acids is 1. The molecule has 0 spiro atoms. The maximum absolute atomic E-state index is 14.9. The van der Waals surface area contributed by atoms with Gasteiger partial charge in [-0.25, -0.2) is 10.2 Å². The summed E-state index contributed by atoms with van der Waals surface area (Å²) in [5.74, 6) is -1.63. The van der Waals surface area contributed by atoms with Crippen LogP contribution in [-0.4, -0.2) is 137 Å². The Morgan fingerprint density at radius 1 is 1.01 bits per heavy atom. The standard InChI is InChI=1S/C49H64F3N7O8/c1-30(65-7)42-37(23-34(25-53-42)57-17-16-56-18-19-66-27-35(56)26-57)43-38(24-48(5,6)29-60)36-22-33(13-14-41(36)58(43)28-49(50,51)52)32-11-8-10-31(20-32)21-40(54-46(64)67-47(2,3)4)44(61)59-15-9-12-39(55-59)45(62)63/h8,10-11,13-14,20,22-23,25,30,35,39-40,55,60H,9,12,15-19,21,24,26-29H2,1-7H3,(H,54,64)(H,62,63)/t30-,35?,39?,40?/m0/s1. The lowest BCUT2D eigenvalue weighted by Gasteiger charge is -2.44. The highest BCUT2D eigenvalue weighted by molar-refractivity contribution is 5.96. The van der Waals surface area contributed by atoms with E-state index in [2.05, 4.69) is 20.5 Å². The molecule has 3 fully saturated rings. The molecule has 4 atom stereocenters. The van der Waals surface area contributed by atoms with Gasteiger partial charge >= 0.3 is 18.2 Å².